The molecule has 5 heterocycles. The van der Waals surface area contributed by atoms with Crippen LogP contribution in [0.5, 0.6) is 0 Å². The molecule has 0 aliphatic carbocycles. The maximum atomic E-state index is 13.1. The molecule has 4 aromatic rings. The molecule has 1 amide bonds. The molecule has 2 saturated heterocycles. The van der Waals surface area contributed by atoms with Gasteiger partial charge < -0.3 is 19.5 Å². The number of benzene rings is 1. The second kappa shape index (κ2) is 10.9. The number of carbonyl (C=O) groups is 1. The molecule has 3 aromatic heterocycles. The van der Waals surface area contributed by atoms with Crippen molar-refractivity contribution in [3.8, 4) is 0 Å². The molecule has 37 heavy (non-hydrogen) atoms. The highest BCUT2D eigenvalue weighted by Crippen LogP contribution is 2.28. The number of amides is 1. The van der Waals surface area contributed by atoms with Gasteiger partial charge in [-0.3, -0.25) is 4.79 Å². The van der Waals surface area contributed by atoms with E-state index in [0.29, 0.717) is 6.54 Å². The van der Waals surface area contributed by atoms with E-state index in [4.69, 9.17) is 4.98 Å². The number of hydrogen-bond acceptors (Lipinski definition) is 5. The van der Waals surface area contributed by atoms with Gasteiger partial charge in [-0.05, 0) is 80.9 Å². The summed E-state index contributed by atoms with van der Waals surface area (Å²) in [5.74, 6) is 1.86. The lowest BCUT2D eigenvalue weighted by Crippen LogP contribution is -2.45. The Morgan fingerprint density at radius 3 is 2.65 bits per heavy atom. The number of carbonyl (C=O) groups excluding carboxylic acids is 1. The fraction of sp³-hybridized carbons (Fsp3) is 0.433. The van der Waals surface area contributed by atoms with Gasteiger partial charge in [-0.2, -0.15) is 0 Å². The number of likely N-dealkylation sites (tertiary alicyclic amines) is 1. The smallest absolute Gasteiger partial charge is 0.224 e. The molecule has 2 aliphatic heterocycles. The number of rotatable bonds is 7. The van der Waals surface area contributed by atoms with E-state index < -0.39 is 0 Å². The van der Waals surface area contributed by atoms with E-state index in [1.807, 2.05) is 18.2 Å². The van der Waals surface area contributed by atoms with Crippen molar-refractivity contribution in [3.05, 3.63) is 72.6 Å². The third kappa shape index (κ3) is 5.32. The summed E-state index contributed by atoms with van der Waals surface area (Å²) in [5.41, 5.74) is 4.25. The Morgan fingerprint density at radius 2 is 1.78 bits per heavy atom. The average Bonchev–Trinajstić information content (AvgIpc) is 3.45. The van der Waals surface area contributed by atoms with Crippen LogP contribution in [0.25, 0.3) is 16.7 Å². The number of nitrogens with one attached hydrogen (secondary N) is 1. The van der Waals surface area contributed by atoms with Gasteiger partial charge in [0.15, 0.2) is 11.5 Å². The quantitative estimate of drug-likeness (QED) is 0.416. The lowest BCUT2D eigenvalue weighted by molar-refractivity contribution is -0.125. The maximum Gasteiger partial charge on any atom is 0.224 e. The van der Waals surface area contributed by atoms with Crippen LogP contribution in [0.15, 0.2) is 67.0 Å². The van der Waals surface area contributed by atoms with Crippen molar-refractivity contribution in [1.29, 1.82) is 0 Å². The summed E-state index contributed by atoms with van der Waals surface area (Å²) >= 11 is 0. The van der Waals surface area contributed by atoms with Crippen molar-refractivity contribution in [3.63, 3.8) is 0 Å². The largest absolute Gasteiger partial charge is 0.355 e. The predicted molar refractivity (Wildman–Crippen MR) is 148 cm³/mol. The van der Waals surface area contributed by atoms with Gasteiger partial charge in [0.2, 0.25) is 5.91 Å². The predicted octanol–water partition coefficient (Wildman–Crippen LogP) is 4.17. The van der Waals surface area contributed by atoms with Crippen molar-refractivity contribution in [2.24, 2.45) is 11.8 Å². The fourth-order valence-electron chi connectivity index (χ4n) is 6.05. The van der Waals surface area contributed by atoms with Gasteiger partial charge in [0, 0.05) is 38.6 Å². The molecule has 0 unspecified atom stereocenters. The molecular weight excluding hydrogens is 460 g/mol. The number of anilines is 1. The van der Waals surface area contributed by atoms with Crippen LogP contribution in [0.2, 0.25) is 0 Å². The summed E-state index contributed by atoms with van der Waals surface area (Å²) in [5, 5.41) is 3.24. The van der Waals surface area contributed by atoms with Crippen LogP contribution in [-0.4, -0.2) is 64.4 Å². The lowest BCUT2D eigenvalue weighted by atomic mass is 9.90. The number of fused-ring (bicyclic) bond motifs is 3. The van der Waals surface area contributed by atoms with E-state index in [0.717, 1.165) is 74.0 Å². The van der Waals surface area contributed by atoms with Crippen LogP contribution in [0.1, 0.15) is 31.2 Å². The van der Waals surface area contributed by atoms with Crippen molar-refractivity contribution >= 4 is 28.4 Å². The number of aromatic nitrogens is 3. The van der Waals surface area contributed by atoms with Gasteiger partial charge in [-0.25, -0.2) is 9.97 Å². The standard InChI is InChI=1S/C30H36N6O/c37-30(32-15-20-34-18-12-24(13-19-34)21-23-7-2-1-3-8-23)25-9-5-16-35(22-25)29-27-11-6-17-36(27)26-10-4-14-31-28(26)33-29/h1-4,6-8,10-11,14,17,24-25H,5,9,12-13,15-16,18-22H2,(H,32,37)/t25-/m1/s1. The molecule has 1 N–H and O–H groups in total. The Hall–Kier alpha value is -3.45. The molecule has 7 heteroatoms. The number of hydrogen-bond donors (Lipinski definition) is 1. The first-order chi connectivity index (χ1) is 18.2. The van der Waals surface area contributed by atoms with Gasteiger partial charge in [0.1, 0.15) is 0 Å². The van der Waals surface area contributed by atoms with Gasteiger partial charge >= 0.3 is 0 Å². The highest BCUT2D eigenvalue weighted by molar-refractivity contribution is 5.84. The first-order valence-corrected chi connectivity index (χ1v) is 13.8. The minimum absolute atomic E-state index is 0.0124. The summed E-state index contributed by atoms with van der Waals surface area (Å²) in [7, 11) is 0. The second-order valence-electron chi connectivity index (χ2n) is 10.6. The van der Waals surface area contributed by atoms with E-state index >= 15 is 0 Å². The Labute approximate surface area is 218 Å². The minimum Gasteiger partial charge on any atom is -0.355 e. The third-order valence-electron chi connectivity index (χ3n) is 8.11. The molecule has 192 valence electrons. The maximum absolute atomic E-state index is 13.1. The van der Waals surface area contributed by atoms with Crippen LogP contribution in [-0.2, 0) is 11.2 Å². The molecule has 0 saturated carbocycles. The summed E-state index contributed by atoms with van der Waals surface area (Å²) in [6, 6.07) is 19.0. The van der Waals surface area contributed by atoms with Crippen molar-refractivity contribution in [1.82, 2.24) is 24.6 Å². The molecular formula is C30H36N6O. The second-order valence-corrected chi connectivity index (χ2v) is 10.6. The van der Waals surface area contributed by atoms with Gasteiger partial charge in [-0.15, -0.1) is 0 Å². The zero-order valence-electron chi connectivity index (χ0n) is 21.4. The van der Waals surface area contributed by atoms with Crippen LogP contribution in [0.4, 0.5) is 5.82 Å². The van der Waals surface area contributed by atoms with Gasteiger partial charge in [0.05, 0.1) is 17.0 Å². The molecule has 0 bridgehead atoms. The average molecular weight is 497 g/mol. The molecule has 2 fully saturated rings. The lowest BCUT2D eigenvalue weighted by Gasteiger charge is -2.34. The molecule has 0 radical (unpaired) electrons. The highest BCUT2D eigenvalue weighted by Gasteiger charge is 2.28. The number of nitrogens with zero attached hydrogens (tertiary/aromatic N) is 5. The van der Waals surface area contributed by atoms with Crippen molar-refractivity contribution in [2.45, 2.75) is 32.1 Å². The summed E-state index contributed by atoms with van der Waals surface area (Å²) in [4.78, 5) is 27.3. The van der Waals surface area contributed by atoms with E-state index in [-0.39, 0.29) is 11.8 Å². The fourth-order valence-corrected chi connectivity index (χ4v) is 6.05. The van der Waals surface area contributed by atoms with E-state index in [1.54, 1.807) is 6.20 Å². The monoisotopic (exact) mass is 496 g/mol. The van der Waals surface area contributed by atoms with Crippen LogP contribution < -0.4 is 10.2 Å². The number of pyridine rings is 1. The first-order valence-electron chi connectivity index (χ1n) is 13.8. The van der Waals surface area contributed by atoms with Crippen LogP contribution in [0, 0.1) is 11.8 Å². The summed E-state index contributed by atoms with van der Waals surface area (Å²) in [6.07, 6.45) is 9.42. The van der Waals surface area contributed by atoms with Crippen LogP contribution >= 0.6 is 0 Å². The summed E-state index contributed by atoms with van der Waals surface area (Å²) in [6.45, 7) is 5.51. The topological polar surface area (TPSA) is 65.8 Å². The van der Waals surface area contributed by atoms with Crippen molar-refractivity contribution < 1.29 is 4.79 Å². The molecule has 6 rings (SSSR count). The Bertz CT molecular complexity index is 1340. The van der Waals surface area contributed by atoms with E-state index in [2.05, 4.69) is 67.1 Å². The summed E-state index contributed by atoms with van der Waals surface area (Å²) < 4.78 is 2.15. The zero-order chi connectivity index (χ0) is 25.0. The molecule has 1 atom stereocenters. The van der Waals surface area contributed by atoms with E-state index in [1.165, 1.54) is 24.8 Å². The zero-order valence-corrected chi connectivity index (χ0v) is 21.4. The SMILES string of the molecule is O=C(NCCN1CCC(Cc2ccccc2)CC1)[C@@H]1CCCN(c2nc3ncccc3n3cccc23)C1. The Kier molecular flexibility index (Phi) is 7.04. The molecule has 2 aliphatic rings. The third-order valence-corrected chi connectivity index (χ3v) is 8.11. The highest BCUT2D eigenvalue weighted by atomic mass is 16.1. The number of piperidine rings is 2. The van der Waals surface area contributed by atoms with Crippen molar-refractivity contribution in [2.75, 3.05) is 44.2 Å². The minimum atomic E-state index is -0.0124. The molecule has 0 spiro atoms. The van der Waals surface area contributed by atoms with E-state index in [9.17, 15) is 4.79 Å². The molecule has 1 aromatic carbocycles. The molecule has 7 nitrogen and oxygen atoms in total. The Morgan fingerprint density at radius 1 is 0.946 bits per heavy atom. The normalized spacial score (nSPS) is 19.5. The van der Waals surface area contributed by atoms with Gasteiger partial charge in [-0.1, -0.05) is 30.3 Å². The Balaban J connectivity index is 1.01. The van der Waals surface area contributed by atoms with Crippen LogP contribution in [0.3, 0.4) is 0 Å². The first kappa shape index (κ1) is 23.9. The van der Waals surface area contributed by atoms with Gasteiger partial charge in [0.25, 0.3) is 0 Å².